The molecule has 2 aromatic heterocycles. The van der Waals surface area contributed by atoms with Crippen molar-refractivity contribution in [3.8, 4) is 6.01 Å². The summed E-state index contributed by atoms with van der Waals surface area (Å²) >= 11 is 0. The van der Waals surface area contributed by atoms with E-state index in [1.54, 1.807) is 0 Å². The van der Waals surface area contributed by atoms with E-state index in [2.05, 4.69) is 46.8 Å². The molecule has 7 rings (SSSR count). The number of rotatable bonds is 6. The lowest BCUT2D eigenvalue weighted by Gasteiger charge is -2.37. The molecule has 0 radical (unpaired) electrons. The van der Waals surface area contributed by atoms with Crippen molar-refractivity contribution in [3.05, 3.63) is 40.7 Å². The standard InChI is InChI=1S/C37H53N7O4/c1-25-14-15-31-29(23-38-44(31)32-13-6-7-21-46-32)33(25)26-10-8-12-28-30(22-26)39-35(47-24-27-11-9-16-41(27)5)40-34(28)42-17-19-43(20-18-42)36(45)48-37(2,3)4/h14-15,23,26-27,32H,6-13,16-22,24H2,1-5H3. The minimum absolute atomic E-state index is 0.00590. The fourth-order valence-corrected chi connectivity index (χ4v) is 8.08. The van der Waals surface area contributed by atoms with Gasteiger partial charge in [0.25, 0.3) is 0 Å². The fourth-order valence-electron chi connectivity index (χ4n) is 8.08. The lowest BCUT2D eigenvalue weighted by atomic mass is 9.86. The molecule has 3 saturated heterocycles. The normalized spacial score (nSPS) is 24.1. The number of amides is 1. The number of hydrogen-bond acceptors (Lipinski definition) is 9. The third kappa shape index (κ3) is 6.99. The quantitative estimate of drug-likeness (QED) is 0.294. The predicted molar refractivity (Wildman–Crippen MR) is 186 cm³/mol. The van der Waals surface area contributed by atoms with Gasteiger partial charge in [-0.15, -0.1) is 0 Å². The summed E-state index contributed by atoms with van der Waals surface area (Å²) in [6.07, 6.45) is 11.3. The molecule has 3 fully saturated rings. The Morgan fingerprint density at radius 1 is 1.00 bits per heavy atom. The van der Waals surface area contributed by atoms with Crippen LogP contribution in [-0.4, -0.2) is 100 Å². The van der Waals surface area contributed by atoms with Crippen molar-refractivity contribution in [2.75, 3.05) is 57.9 Å². The van der Waals surface area contributed by atoms with Gasteiger partial charge < -0.3 is 28.9 Å². The van der Waals surface area contributed by atoms with Crippen LogP contribution in [0.1, 0.15) is 100 Å². The third-order valence-electron chi connectivity index (χ3n) is 10.7. The Morgan fingerprint density at radius 2 is 1.83 bits per heavy atom. The summed E-state index contributed by atoms with van der Waals surface area (Å²) in [6.45, 7) is 13.0. The Kier molecular flexibility index (Phi) is 9.52. The van der Waals surface area contributed by atoms with Gasteiger partial charge in [-0.2, -0.15) is 15.1 Å². The van der Waals surface area contributed by atoms with Crippen LogP contribution in [0.5, 0.6) is 6.01 Å². The van der Waals surface area contributed by atoms with E-state index in [1.165, 1.54) is 34.9 Å². The Labute approximate surface area is 284 Å². The fraction of sp³-hybridized carbons (Fsp3) is 0.676. The van der Waals surface area contributed by atoms with Crippen molar-refractivity contribution in [1.29, 1.82) is 0 Å². The van der Waals surface area contributed by atoms with E-state index in [9.17, 15) is 4.79 Å². The molecule has 3 unspecified atom stereocenters. The molecule has 5 heterocycles. The second-order valence-electron chi connectivity index (χ2n) is 15.2. The molecule has 3 aliphatic heterocycles. The molecule has 3 atom stereocenters. The Hall–Kier alpha value is -3.44. The highest BCUT2D eigenvalue weighted by Gasteiger charge is 2.32. The minimum Gasteiger partial charge on any atom is -0.462 e. The highest BCUT2D eigenvalue weighted by Crippen LogP contribution is 2.40. The van der Waals surface area contributed by atoms with Gasteiger partial charge in [-0.3, -0.25) is 0 Å². The van der Waals surface area contributed by atoms with Crippen LogP contribution in [0.15, 0.2) is 18.3 Å². The highest BCUT2D eigenvalue weighted by molar-refractivity contribution is 5.84. The van der Waals surface area contributed by atoms with Gasteiger partial charge in [0, 0.05) is 49.8 Å². The van der Waals surface area contributed by atoms with Crippen LogP contribution in [-0.2, 0) is 22.3 Å². The molecular formula is C37H53N7O4. The zero-order chi connectivity index (χ0) is 33.4. The highest BCUT2D eigenvalue weighted by atomic mass is 16.6. The number of aromatic nitrogens is 4. The lowest BCUT2D eigenvalue weighted by molar-refractivity contribution is -0.0366. The summed E-state index contributed by atoms with van der Waals surface area (Å²) in [6, 6.07) is 5.32. The largest absolute Gasteiger partial charge is 0.462 e. The number of piperazine rings is 1. The van der Waals surface area contributed by atoms with Crippen LogP contribution in [0.4, 0.5) is 10.6 Å². The molecule has 260 valence electrons. The average Bonchev–Trinajstić information content (AvgIpc) is 3.62. The summed E-state index contributed by atoms with van der Waals surface area (Å²) < 4.78 is 20.3. The van der Waals surface area contributed by atoms with Crippen LogP contribution < -0.4 is 9.64 Å². The van der Waals surface area contributed by atoms with Crippen molar-refractivity contribution in [2.45, 2.75) is 109 Å². The van der Waals surface area contributed by atoms with Crippen LogP contribution in [0.2, 0.25) is 0 Å². The smallest absolute Gasteiger partial charge is 0.410 e. The second kappa shape index (κ2) is 13.8. The van der Waals surface area contributed by atoms with E-state index >= 15 is 0 Å². The van der Waals surface area contributed by atoms with Gasteiger partial charge in [0.15, 0.2) is 6.23 Å². The van der Waals surface area contributed by atoms with Crippen LogP contribution in [0.25, 0.3) is 10.9 Å². The van der Waals surface area contributed by atoms with Crippen molar-refractivity contribution < 1.29 is 19.0 Å². The van der Waals surface area contributed by atoms with Gasteiger partial charge in [-0.05, 0) is 122 Å². The summed E-state index contributed by atoms with van der Waals surface area (Å²) in [7, 11) is 2.17. The van der Waals surface area contributed by atoms with Crippen molar-refractivity contribution in [3.63, 3.8) is 0 Å². The summed E-state index contributed by atoms with van der Waals surface area (Å²) in [5.74, 6) is 1.27. The molecular weight excluding hydrogens is 606 g/mol. The monoisotopic (exact) mass is 659 g/mol. The number of ether oxygens (including phenoxy) is 3. The molecule has 1 amide bonds. The molecule has 3 aromatic rings. The van der Waals surface area contributed by atoms with Crippen LogP contribution >= 0.6 is 0 Å². The summed E-state index contributed by atoms with van der Waals surface area (Å²) in [5, 5.41) is 6.11. The number of carbonyl (C=O) groups excluding carboxylic acids is 1. The Balaban J connectivity index is 1.18. The number of likely N-dealkylation sites (tertiary alicyclic amines) is 1. The maximum absolute atomic E-state index is 12.8. The zero-order valence-corrected chi connectivity index (χ0v) is 29.5. The first kappa shape index (κ1) is 33.1. The van der Waals surface area contributed by atoms with E-state index in [-0.39, 0.29) is 12.3 Å². The first-order valence-corrected chi connectivity index (χ1v) is 18.2. The van der Waals surface area contributed by atoms with E-state index in [0.29, 0.717) is 50.8 Å². The maximum atomic E-state index is 12.8. The number of benzene rings is 1. The predicted octanol–water partition coefficient (Wildman–Crippen LogP) is 6.03. The maximum Gasteiger partial charge on any atom is 0.410 e. The molecule has 0 bridgehead atoms. The molecule has 0 N–H and O–H groups in total. The van der Waals surface area contributed by atoms with E-state index in [1.807, 2.05) is 25.7 Å². The van der Waals surface area contributed by atoms with Gasteiger partial charge in [0.05, 0.1) is 17.4 Å². The number of anilines is 1. The topological polar surface area (TPSA) is 98.1 Å². The Bertz CT molecular complexity index is 1600. The molecule has 48 heavy (non-hydrogen) atoms. The first-order chi connectivity index (χ1) is 23.1. The van der Waals surface area contributed by atoms with Crippen molar-refractivity contribution in [2.24, 2.45) is 0 Å². The van der Waals surface area contributed by atoms with Crippen LogP contribution in [0.3, 0.4) is 0 Å². The summed E-state index contributed by atoms with van der Waals surface area (Å²) in [5.41, 5.74) is 5.63. The van der Waals surface area contributed by atoms with Gasteiger partial charge in [0.2, 0.25) is 0 Å². The zero-order valence-electron chi connectivity index (χ0n) is 29.5. The minimum atomic E-state index is -0.515. The molecule has 1 aliphatic carbocycles. The van der Waals surface area contributed by atoms with Crippen molar-refractivity contribution >= 4 is 22.8 Å². The number of fused-ring (bicyclic) bond motifs is 2. The SMILES string of the molecule is Cc1ccc2c(cnn2C2CCCCO2)c1C1CCCc2c(nc(OCC3CCCN3C)nc2N2CCN(C(=O)OC(C)(C)C)CC2)C1. The number of carbonyl (C=O) groups is 1. The molecule has 1 aromatic carbocycles. The van der Waals surface area contributed by atoms with E-state index in [4.69, 9.17) is 29.3 Å². The van der Waals surface area contributed by atoms with Gasteiger partial charge in [-0.1, -0.05) is 6.07 Å². The van der Waals surface area contributed by atoms with Gasteiger partial charge in [0.1, 0.15) is 18.0 Å². The molecule has 0 saturated carbocycles. The Morgan fingerprint density at radius 3 is 2.56 bits per heavy atom. The van der Waals surface area contributed by atoms with Crippen LogP contribution in [0, 0.1) is 6.92 Å². The van der Waals surface area contributed by atoms with Gasteiger partial charge >= 0.3 is 12.1 Å². The summed E-state index contributed by atoms with van der Waals surface area (Å²) in [4.78, 5) is 29.6. The first-order valence-electron chi connectivity index (χ1n) is 18.2. The second-order valence-corrected chi connectivity index (χ2v) is 15.2. The third-order valence-corrected chi connectivity index (χ3v) is 10.7. The molecule has 11 heteroatoms. The number of nitrogens with zero attached hydrogens (tertiary/aromatic N) is 7. The molecule has 11 nitrogen and oxygen atoms in total. The van der Waals surface area contributed by atoms with Gasteiger partial charge in [-0.25, -0.2) is 9.48 Å². The lowest BCUT2D eigenvalue weighted by Crippen LogP contribution is -2.50. The number of aryl methyl sites for hydroxylation is 1. The van der Waals surface area contributed by atoms with E-state index < -0.39 is 5.60 Å². The number of likely N-dealkylation sites (N-methyl/N-ethyl adjacent to an activating group) is 1. The van der Waals surface area contributed by atoms with E-state index in [0.717, 1.165) is 75.1 Å². The van der Waals surface area contributed by atoms with Crippen molar-refractivity contribution in [1.82, 2.24) is 29.5 Å². The molecule has 4 aliphatic rings. The number of hydrogen-bond donors (Lipinski definition) is 0. The molecule has 0 spiro atoms. The average molecular weight is 660 g/mol.